The smallest absolute Gasteiger partial charge is 0.315 e. The first-order valence-corrected chi connectivity index (χ1v) is 8.66. The van der Waals surface area contributed by atoms with E-state index < -0.39 is 0 Å². The number of carbonyl (C=O) groups is 1. The fourth-order valence-corrected chi connectivity index (χ4v) is 3.22. The SMILES string of the molecule is CCCC(C)(NC(=O)NC(C)c1ccccc1C)c1ccccc1. The molecule has 2 aromatic rings. The maximum absolute atomic E-state index is 12.6. The van der Waals surface area contributed by atoms with E-state index in [4.69, 9.17) is 0 Å². The second kappa shape index (κ2) is 8.00. The van der Waals surface area contributed by atoms with Gasteiger partial charge in [0.1, 0.15) is 0 Å². The second-order valence-electron chi connectivity index (χ2n) is 6.62. The highest BCUT2D eigenvalue weighted by Gasteiger charge is 2.28. The molecule has 3 heteroatoms. The summed E-state index contributed by atoms with van der Waals surface area (Å²) in [6.45, 7) is 8.30. The van der Waals surface area contributed by atoms with E-state index in [0.717, 1.165) is 24.0 Å². The minimum absolute atomic E-state index is 0.0344. The minimum Gasteiger partial charge on any atom is -0.332 e. The molecule has 0 aromatic heterocycles. The highest BCUT2D eigenvalue weighted by molar-refractivity contribution is 5.75. The van der Waals surface area contributed by atoms with Gasteiger partial charge >= 0.3 is 6.03 Å². The van der Waals surface area contributed by atoms with Gasteiger partial charge in [0.15, 0.2) is 0 Å². The molecular formula is C21H28N2O. The van der Waals surface area contributed by atoms with Crippen molar-refractivity contribution in [2.24, 2.45) is 0 Å². The van der Waals surface area contributed by atoms with Gasteiger partial charge < -0.3 is 10.6 Å². The highest BCUT2D eigenvalue weighted by atomic mass is 16.2. The maximum atomic E-state index is 12.6. The molecule has 0 aliphatic heterocycles. The Labute approximate surface area is 145 Å². The fourth-order valence-electron chi connectivity index (χ4n) is 3.22. The van der Waals surface area contributed by atoms with Crippen LogP contribution in [0, 0.1) is 6.92 Å². The summed E-state index contributed by atoms with van der Waals surface area (Å²) in [4.78, 5) is 12.6. The van der Waals surface area contributed by atoms with Crippen molar-refractivity contribution in [2.45, 2.75) is 52.1 Å². The fraction of sp³-hybridized carbons (Fsp3) is 0.381. The standard InChI is InChI=1S/C21H28N2O/c1-5-15-21(4,18-12-7-6-8-13-18)23-20(24)22-17(3)19-14-10-9-11-16(19)2/h6-14,17H,5,15H2,1-4H3,(H2,22,23,24). The third-order valence-electron chi connectivity index (χ3n) is 4.55. The number of urea groups is 1. The Morgan fingerprint density at radius 3 is 2.33 bits per heavy atom. The number of nitrogens with one attached hydrogen (secondary N) is 2. The van der Waals surface area contributed by atoms with Crippen LogP contribution in [0.4, 0.5) is 4.79 Å². The Morgan fingerprint density at radius 1 is 1.08 bits per heavy atom. The van der Waals surface area contributed by atoms with Crippen LogP contribution in [0.1, 0.15) is 56.3 Å². The van der Waals surface area contributed by atoms with Crippen molar-refractivity contribution in [3.05, 3.63) is 71.3 Å². The zero-order chi connectivity index (χ0) is 17.6. The van der Waals surface area contributed by atoms with Crippen molar-refractivity contribution in [1.29, 1.82) is 0 Å². The van der Waals surface area contributed by atoms with Gasteiger partial charge in [0, 0.05) is 0 Å². The second-order valence-corrected chi connectivity index (χ2v) is 6.62. The largest absolute Gasteiger partial charge is 0.332 e. The molecule has 24 heavy (non-hydrogen) atoms. The molecule has 2 unspecified atom stereocenters. The molecule has 2 atom stereocenters. The predicted molar refractivity (Wildman–Crippen MR) is 100.0 cm³/mol. The number of amides is 2. The monoisotopic (exact) mass is 324 g/mol. The lowest BCUT2D eigenvalue weighted by Gasteiger charge is -2.32. The summed E-state index contributed by atoms with van der Waals surface area (Å²) in [7, 11) is 0. The molecule has 0 bridgehead atoms. The van der Waals surface area contributed by atoms with Gasteiger partial charge in [-0.25, -0.2) is 4.79 Å². The van der Waals surface area contributed by atoms with Crippen molar-refractivity contribution in [3.63, 3.8) is 0 Å². The summed E-state index contributed by atoms with van der Waals surface area (Å²) in [6, 6.07) is 18.1. The van der Waals surface area contributed by atoms with Crippen LogP contribution in [0.3, 0.4) is 0 Å². The molecule has 2 rings (SSSR count). The zero-order valence-corrected chi connectivity index (χ0v) is 15.1. The molecule has 2 aromatic carbocycles. The Bertz CT molecular complexity index is 669. The Balaban J connectivity index is 2.10. The van der Waals surface area contributed by atoms with Gasteiger partial charge in [-0.3, -0.25) is 0 Å². The molecule has 0 radical (unpaired) electrons. The quantitative estimate of drug-likeness (QED) is 0.765. The van der Waals surface area contributed by atoms with E-state index in [0.29, 0.717) is 0 Å². The predicted octanol–water partition coefficient (Wildman–Crippen LogP) is 5.07. The van der Waals surface area contributed by atoms with Crippen LogP contribution in [0.5, 0.6) is 0 Å². The van der Waals surface area contributed by atoms with Gasteiger partial charge in [0.25, 0.3) is 0 Å². The summed E-state index contributed by atoms with van der Waals surface area (Å²) >= 11 is 0. The zero-order valence-electron chi connectivity index (χ0n) is 15.1. The summed E-state index contributed by atoms with van der Waals surface area (Å²) in [6.07, 6.45) is 1.89. The lowest BCUT2D eigenvalue weighted by Crippen LogP contribution is -2.48. The molecule has 128 valence electrons. The van der Waals surface area contributed by atoms with Crippen LogP contribution in [0.25, 0.3) is 0 Å². The molecule has 0 aliphatic carbocycles. The average Bonchev–Trinajstić information content (AvgIpc) is 2.56. The van der Waals surface area contributed by atoms with E-state index in [1.807, 2.05) is 37.3 Å². The van der Waals surface area contributed by atoms with Crippen LogP contribution in [-0.4, -0.2) is 6.03 Å². The first-order valence-electron chi connectivity index (χ1n) is 8.66. The van der Waals surface area contributed by atoms with Crippen LogP contribution in [0.2, 0.25) is 0 Å². The van der Waals surface area contributed by atoms with Gasteiger partial charge in [0.2, 0.25) is 0 Å². The van der Waals surface area contributed by atoms with E-state index in [2.05, 4.69) is 55.7 Å². The third-order valence-corrected chi connectivity index (χ3v) is 4.55. The first-order chi connectivity index (χ1) is 11.5. The third kappa shape index (κ3) is 4.38. The summed E-state index contributed by atoms with van der Waals surface area (Å²) < 4.78 is 0. The van der Waals surface area contributed by atoms with Crippen LogP contribution < -0.4 is 10.6 Å². The first kappa shape index (κ1) is 18.1. The number of carbonyl (C=O) groups excluding carboxylic acids is 1. The lowest BCUT2D eigenvalue weighted by atomic mass is 9.87. The van der Waals surface area contributed by atoms with Gasteiger partial charge in [-0.05, 0) is 43.9 Å². The van der Waals surface area contributed by atoms with Crippen molar-refractivity contribution in [2.75, 3.05) is 0 Å². The van der Waals surface area contributed by atoms with E-state index in [1.54, 1.807) is 0 Å². The highest BCUT2D eigenvalue weighted by Crippen LogP contribution is 2.26. The number of aryl methyl sites for hydroxylation is 1. The van der Waals surface area contributed by atoms with E-state index >= 15 is 0 Å². The van der Waals surface area contributed by atoms with E-state index in [9.17, 15) is 4.79 Å². The summed E-state index contributed by atoms with van der Waals surface area (Å²) in [5.74, 6) is 0. The average molecular weight is 324 g/mol. The molecular weight excluding hydrogens is 296 g/mol. The Kier molecular flexibility index (Phi) is 6.02. The van der Waals surface area contributed by atoms with Crippen molar-refractivity contribution in [1.82, 2.24) is 10.6 Å². The van der Waals surface area contributed by atoms with Crippen molar-refractivity contribution in [3.8, 4) is 0 Å². The van der Waals surface area contributed by atoms with E-state index in [1.165, 1.54) is 5.56 Å². The summed E-state index contributed by atoms with van der Waals surface area (Å²) in [5.41, 5.74) is 3.09. The van der Waals surface area contributed by atoms with Crippen molar-refractivity contribution < 1.29 is 4.79 Å². The number of hydrogen-bond donors (Lipinski definition) is 2. The number of hydrogen-bond acceptors (Lipinski definition) is 1. The molecule has 0 fully saturated rings. The Hall–Kier alpha value is -2.29. The molecule has 0 heterocycles. The lowest BCUT2D eigenvalue weighted by molar-refractivity contribution is 0.221. The van der Waals surface area contributed by atoms with Gasteiger partial charge in [-0.2, -0.15) is 0 Å². The maximum Gasteiger partial charge on any atom is 0.315 e. The molecule has 2 amide bonds. The Morgan fingerprint density at radius 2 is 1.71 bits per heavy atom. The van der Waals surface area contributed by atoms with Crippen LogP contribution in [0.15, 0.2) is 54.6 Å². The molecule has 0 spiro atoms. The minimum atomic E-state index is -0.369. The van der Waals surface area contributed by atoms with Gasteiger partial charge in [0.05, 0.1) is 11.6 Å². The number of rotatable bonds is 6. The number of benzene rings is 2. The summed E-state index contributed by atoms with van der Waals surface area (Å²) in [5, 5.41) is 6.25. The van der Waals surface area contributed by atoms with Gasteiger partial charge in [-0.15, -0.1) is 0 Å². The van der Waals surface area contributed by atoms with Crippen molar-refractivity contribution >= 4 is 6.03 Å². The molecule has 0 saturated carbocycles. The van der Waals surface area contributed by atoms with Crippen LogP contribution in [-0.2, 0) is 5.54 Å². The van der Waals surface area contributed by atoms with E-state index in [-0.39, 0.29) is 17.6 Å². The topological polar surface area (TPSA) is 41.1 Å². The molecule has 3 nitrogen and oxygen atoms in total. The van der Waals surface area contributed by atoms with Crippen LogP contribution >= 0.6 is 0 Å². The molecule has 2 N–H and O–H groups in total. The molecule has 0 saturated heterocycles. The molecule has 0 aliphatic rings. The normalized spacial score (nSPS) is 14.5. The van der Waals surface area contributed by atoms with Gasteiger partial charge in [-0.1, -0.05) is 67.9 Å².